The molecule has 1 heterocycles. The monoisotopic (exact) mass is 171 g/mol. The summed E-state index contributed by atoms with van der Waals surface area (Å²) < 4.78 is 0. The molecule has 0 saturated carbocycles. The second-order valence-electron chi connectivity index (χ2n) is 2.14. The highest BCUT2D eigenvalue weighted by Crippen LogP contribution is 2.19. The minimum atomic E-state index is -0.329. The molecule has 0 fully saturated rings. The van der Waals surface area contributed by atoms with E-state index in [1.54, 1.807) is 5.51 Å². The molecule has 60 valence electrons. The normalized spacial score (nSPS) is 12.8. The molecule has 0 saturated heterocycles. The number of amides is 1. The summed E-state index contributed by atoms with van der Waals surface area (Å²) >= 11 is 1.36. The molecule has 2 N–H and O–H groups in total. The van der Waals surface area contributed by atoms with Crippen molar-refractivity contribution >= 4 is 17.2 Å². The van der Waals surface area contributed by atoms with Crippen molar-refractivity contribution in [3.8, 4) is 0 Å². The van der Waals surface area contributed by atoms with Crippen LogP contribution in [0.4, 0.5) is 0 Å². The third kappa shape index (κ3) is 1.74. The molecule has 0 aromatic carbocycles. The van der Waals surface area contributed by atoms with Crippen molar-refractivity contribution in [3.63, 3.8) is 0 Å². The first-order valence-electron chi connectivity index (χ1n) is 3.31. The van der Waals surface area contributed by atoms with Crippen LogP contribution in [0, 0.1) is 0 Å². The Kier molecular flexibility index (Phi) is 2.53. The van der Waals surface area contributed by atoms with E-state index in [-0.39, 0.29) is 11.8 Å². The SMILES string of the molecule is CCC(C(N)=O)c1nncs1. The molecule has 0 aliphatic heterocycles. The van der Waals surface area contributed by atoms with E-state index in [1.165, 1.54) is 11.3 Å². The number of aromatic nitrogens is 2. The Morgan fingerprint density at radius 3 is 3.00 bits per heavy atom. The fourth-order valence-electron chi connectivity index (χ4n) is 0.831. The van der Waals surface area contributed by atoms with Crippen LogP contribution in [0.3, 0.4) is 0 Å². The van der Waals surface area contributed by atoms with Crippen LogP contribution in [-0.4, -0.2) is 16.1 Å². The van der Waals surface area contributed by atoms with E-state index >= 15 is 0 Å². The molecular formula is C6H9N3OS. The first kappa shape index (κ1) is 8.13. The summed E-state index contributed by atoms with van der Waals surface area (Å²) in [6, 6.07) is 0. The molecule has 0 radical (unpaired) electrons. The van der Waals surface area contributed by atoms with Gasteiger partial charge in [0.2, 0.25) is 5.91 Å². The lowest BCUT2D eigenvalue weighted by atomic mass is 10.1. The zero-order chi connectivity index (χ0) is 8.27. The molecule has 1 unspecified atom stereocenters. The van der Waals surface area contributed by atoms with Crippen molar-refractivity contribution in [2.24, 2.45) is 5.73 Å². The van der Waals surface area contributed by atoms with Crippen molar-refractivity contribution < 1.29 is 4.79 Å². The summed E-state index contributed by atoms with van der Waals surface area (Å²) in [6.07, 6.45) is 0.685. The molecule has 0 bridgehead atoms. The number of hydrogen-bond acceptors (Lipinski definition) is 4. The molecule has 0 spiro atoms. The molecule has 4 nitrogen and oxygen atoms in total. The van der Waals surface area contributed by atoms with Crippen LogP contribution in [0.25, 0.3) is 0 Å². The van der Waals surface area contributed by atoms with E-state index in [9.17, 15) is 4.79 Å². The molecule has 1 aromatic rings. The average Bonchev–Trinajstić information content (AvgIpc) is 2.40. The van der Waals surface area contributed by atoms with Gasteiger partial charge in [-0.2, -0.15) is 0 Å². The van der Waals surface area contributed by atoms with Gasteiger partial charge in [-0.1, -0.05) is 6.92 Å². The van der Waals surface area contributed by atoms with Gasteiger partial charge in [-0.15, -0.1) is 21.5 Å². The van der Waals surface area contributed by atoms with Crippen molar-refractivity contribution in [2.75, 3.05) is 0 Å². The van der Waals surface area contributed by atoms with E-state index in [1.807, 2.05) is 6.92 Å². The number of primary amides is 1. The maximum Gasteiger partial charge on any atom is 0.227 e. The van der Waals surface area contributed by atoms with Gasteiger partial charge >= 0.3 is 0 Å². The quantitative estimate of drug-likeness (QED) is 0.720. The van der Waals surface area contributed by atoms with Gasteiger partial charge < -0.3 is 5.73 Å². The lowest BCUT2D eigenvalue weighted by molar-refractivity contribution is -0.119. The third-order valence-corrected chi connectivity index (χ3v) is 2.23. The highest BCUT2D eigenvalue weighted by Gasteiger charge is 2.18. The van der Waals surface area contributed by atoms with Crippen molar-refractivity contribution in [1.29, 1.82) is 0 Å². The van der Waals surface area contributed by atoms with Crippen LogP contribution >= 0.6 is 11.3 Å². The minimum Gasteiger partial charge on any atom is -0.369 e. The first-order chi connectivity index (χ1) is 5.25. The van der Waals surface area contributed by atoms with Gasteiger partial charge in [0, 0.05) is 0 Å². The maximum absolute atomic E-state index is 10.8. The maximum atomic E-state index is 10.8. The smallest absolute Gasteiger partial charge is 0.227 e. The highest BCUT2D eigenvalue weighted by atomic mass is 32.1. The molecule has 0 aliphatic carbocycles. The lowest BCUT2D eigenvalue weighted by Crippen LogP contribution is -2.20. The topological polar surface area (TPSA) is 68.9 Å². The van der Waals surface area contributed by atoms with Crippen LogP contribution in [0.5, 0.6) is 0 Å². The molecule has 0 aliphatic rings. The summed E-state index contributed by atoms with van der Waals surface area (Å²) in [6.45, 7) is 1.90. The van der Waals surface area contributed by atoms with Gasteiger partial charge in [-0.3, -0.25) is 4.79 Å². The first-order valence-corrected chi connectivity index (χ1v) is 4.19. The fraction of sp³-hybridized carbons (Fsp3) is 0.500. The van der Waals surface area contributed by atoms with Gasteiger partial charge in [0.05, 0.1) is 5.92 Å². The summed E-state index contributed by atoms with van der Waals surface area (Å²) in [5, 5.41) is 8.12. The second kappa shape index (κ2) is 3.43. The van der Waals surface area contributed by atoms with Crippen molar-refractivity contribution in [3.05, 3.63) is 10.5 Å². The van der Waals surface area contributed by atoms with Crippen LogP contribution in [-0.2, 0) is 4.79 Å². The minimum absolute atomic E-state index is 0.262. The molecule has 1 aromatic heterocycles. The standard InChI is InChI=1S/C6H9N3OS/c1-2-4(5(7)10)6-9-8-3-11-6/h3-4H,2H2,1H3,(H2,7,10). The van der Waals surface area contributed by atoms with Crippen LogP contribution in [0.15, 0.2) is 5.51 Å². The Hall–Kier alpha value is -0.970. The second-order valence-corrected chi connectivity index (χ2v) is 3.00. The van der Waals surface area contributed by atoms with E-state index < -0.39 is 0 Å². The van der Waals surface area contributed by atoms with E-state index in [0.29, 0.717) is 11.4 Å². The number of carbonyl (C=O) groups excluding carboxylic acids is 1. The zero-order valence-corrected chi connectivity index (χ0v) is 6.97. The summed E-state index contributed by atoms with van der Waals surface area (Å²) in [7, 11) is 0. The van der Waals surface area contributed by atoms with Crippen LogP contribution in [0.2, 0.25) is 0 Å². The predicted molar refractivity (Wildman–Crippen MR) is 42.1 cm³/mol. The fourth-order valence-corrected chi connectivity index (χ4v) is 1.57. The zero-order valence-electron chi connectivity index (χ0n) is 6.15. The summed E-state index contributed by atoms with van der Waals surface area (Å²) in [4.78, 5) is 10.8. The Balaban J connectivity index is 2.79. The predicted octanol–water partition coefficient (Wildman–Crippen LogP) is 0.517. The number of nitrogens with two attached hydrogens (primary N) is 1. The molecule has 1 amide bonds. The molecule has 11 heavy (non-hydrogen) atoms. The van der Waals surface area contributed by atoms with Gasteiger partial charge in [0.1, 0.15) is 10.5 Å². The van der Waals surface area contributed by atoms with Crippen molar-refractivity contribution in [1.82, 2.24) is 10.2 Å². The lowest BCUT2D eigenvalue weighted by Gasteiger charge is -2.03. The molecule has 5 heteroatoms. The van der Waals surface area contributed by atoms with Crippen molar-refractivity contribution in [2.45, 2.75) is 19.3 Å². The Bertz CT molecular complexity index is 234. The molecular weight excluding hydrogens is 162 g/mol. The van der Waals surface area contributed by atoms with Gasteiger partial charge in [0.15, 0.2) is 0 Å². The Morgan fingerprint density at radius 2 is 2.64 bits per heavy atom. The number of carbonyl (C=O) groups is 1. The highest BCUT2D eigenvalue weighted by molar-refractivity contribution is 7.09. The Morgan fingerprint density at radius 1 is 1.91 bits per heavy atom. The third-order valence-electron chi connectivity index (χ3n) is 1.43. The number of rotatable bonds is 3. The van der Waals surface area contributed by atoms with Gasteiger partial charge in [-0.05, 0) is 6.42 Å². The summed E-state index contributed by atoms with van der Waals surface area (Å²) in [5.41, 5.74) is 6.74. The average molecular weight is 171 g/mol. The van der Waals surface area contributed by atoms with Crippen LogP contribution in [0.1, 0.15) is 24.3 Å². The summed E-state index contributed by atoms with van der Waals surface area (Å²) in [5.74, 6) is -0.591. The van der Waals surface area contributed by atoms with E-state index in [2.05, 4.69) is 10.2 Å². The van der Waals surface area contributed by atoms with E-state index in [4.69, 9.17) is 5.73 Å². The van der Waals surface area contributed by atoms with Gasteiger partial charge in [-0.25, -0.2) is 0 Å². The van der Waals surface area contributed by atoms with Crippen LogP contribution < -0.4 is 5.73 Å². The van der Waals surface area contributed by atoms with Gasteiger partial charge in [0.25, 0.3) is 0 Å². The van der Waals surface area contributed by atoms with E-state index in [0.717, 1.165) is 0 Å². The largest absolute Gasteiger partial charge is 0.369 e. The number of hydrogen-bond donors (Lipinski definition) is 1. The molecule has 1 rings (SSSR count). The number of nitrogens with zero attached hydrogens (tertiary/aromatic N) is 2. The Labute approximate surface area is 68.4 Å². The molecule has 1 atom stereocenters.